The molecule has 1 aromatic rings. The van der Waals surface area contributed by atoms with Crippen LogP contribution in [0.25, 0.3) is 0 Å². The van der Waals surface area contributed by atoms with Gasteiger partial charge in [0.15, 0.2) is 0 Å². The molecule has 3 nitrogen and oxygen atoms in total. The third kappa shape index (κ3) is 2.71. The van der Waals surface area contributed by atoms with Gasteiger partial charge in [0.1, 0.15) is 5.82 Å². The molecule has 0 saturated heterocycles. The molecule has 2 rings (SSSR count). The first-order valence-electron chi connectivity index (χ1n) is 6.30. The van der Waals surface area contributed by atoms with E-state index < -0.39 is 17.5 Å². The van der Waals surface area contributed by atoms with Gasteiger partial charge in [-0.3, -0.25) is 9.59 Å². The van der Waals surface area contributed by atoms with Gasteiger partial charge in [-0.05, 0) is 30.5 Å². The number of fused-ring (bicyclic) bond motifs is 1. The fraction of sp³-hybridized carbons (Fsp3) is 0.429. The lowest BCUT2D eigenvalue weighted by atomic mass is 10.1. The number of rotatable bonds is 5. The molecule has 19 heavy (non-hydrogen) atoms. The first kappa shape index (κ1) is 14.2. The first-order chi connectivity index (χ1) is 9.08. The minimum Gasteiger partial charge on any atom is -0.304 e. The fourth-order valence-electron chi connectivity index (χ4n) is 2.34. The number of hydrogen-bond donors (Lipinski definition) is 0. The van der Waals surface area contributed by atoms with Gasteiger partial charge in [-0.25, -0.2) is 4.39 Å². The molecule has 5 heteroatoms. The number of carbonyl (C=O) groups excluding carboxylic acids is 2. The van der Waals surface area contributed by atoms with Crippen molar-refractivity contribution in [3.63, 3.8) is 0 Å². The van der Waals surface area contributed by atoms with Crippen LogP contribution in [0, 0.1) is 11.7 Å². The third-order valence-electron chi connectivity index (χ3n) is 3.29. The maximum atomic E-state index is 13.1. The topological polar surface area (TPSA) is 37.4 Å². The number of alkyl halides is 1. The predicted molar refractivity (Wildman–Crippen MR) is 75.3 cm³/mol. The van der Waals surface area contributed by atoms with Crippen LogP contribution in [0.2, 0.25) is 0 Å². The van der Waals surface area contributed by atoms with Crippen molar-refractivity contribution >= 4 is 33.3 Å². The van der Waals surface area contributed by atoms with Crippen molar-refractivity contribution in [3.8, 4) is 0 Å². The van der Waals surface area contributed by atoms with Gasteiger partial charge in [-0.15, -0.1) is 0 Å². The van der Waals surface area contributed by atoms with E-state index in [0.717, 1.165) is 24.2 Å². The van der Waals surface area contributed by atoms with Crippen LogP contribution in [0.15, 0.2) is 18.2 Å². The van der Waals surface area contributed by atoms with E-state index in [-0.39, 0.29) is 11.5 Å². The largest absolute Gasteiger partial charge is 0.304 e. The van der Waals surface area contributed by atoms with E-state index in [4.69, 9.17) is 0 Å². The second-order valence-corrected chi connectivity index (χ2v) is 5.36. The summed E-state index contributed by atoms with van der Waals surface area (Å²) in [6, 6.07) is 3.92. The van der Waals surface area contributed by atoms with E-state index in [1.54, 1.807) is 0 Å². The van der Waals surface area contributed by atoms with Crippen LogP contribution in [-0.2, 0) is 4.79 Å². The normalized spacial score (nSPS) is 15.8. The van der Waals surface area contributed by atoms with Crippen LogP contribution in [0.3, 0.4) is 0 Å². The summed E-state index contributed by atoms with van der Waals surface area (Å²) in [5, 5.41) is 0.773. The number of amides is 1. The van der Waals surface area contributed by atoms with Crippen LogP contribution < -0.4 is 4.90 Å². The van der Waals surface area contributed by atoms with Crippen molar-refractivity contribution in [2.45, 2.75) is 19.8 Å². The van der Waals surface area contributed by atoms with Crippen molar-refractivity contribution in [1.29, 1.82) is 0 Å². The van der Waals surface area contributed by atoms with E-state index in [1.165, 1.54) is 17.0 Å². The molecule has 1 heterocycles. The molecule has 0 radical (unpaired) electrons. The molecular weight excluding hydrogens is 313 g/mol. The molecule has 0 N–H and O–H groups in total. The van der Waals surface area contributed by atoms with Gasteiger partial charge in [0.2, 0.25) is 0 Å². The van der Waals surface area contributed by atoms with Gasteiger partial charge in [0.05, 0.1) is 11.3 Å². The molecule has 0 aliphatic carbocycles. The highest BCUT2D eigenvalue weighted by Gasteiger charge is 2.36. The Labute approximate surface area is 119 Å². The molecule has 1 aliphatic rings. The van der Waals surface area contributed by atoms with Crippen molar-refractivity contribution in [2.75, 3.05) is 16.8 Å². The summed E-state index contributed by atoms with van der Waals surface area (Å²) in [6.07, 6.45) is 1.99. The quantitative estimate of drug-likeness (QED) is 0.615. The number of anilines is 1. The monoisotopic (exact) mass is 327 g/mol. The lowest BCUT2D eigenvalue weighted by molar-refractivity contribution is -0.114. The molecule has 1 amide bonds. The van der Waals surface area contributed by atoms with Gasteiger partial charge in [0.25, 0.3) is 11.7 Å². The standard InChI is InChI=1S/C14H15BrFNO2/c1-2-3-9(7-15)8-17-12-5-4-10(16)6-11(12)13(18)14(17)19/h4-6,9H,2-3,7-8H2,1H3. The average Bonchev–Trinajstić information content (AvgIpc) is 2.63. The third-order valence-corrected chi connectivity index (χ3v) is 4.21. The zero-order chi connectivity index (χ0) is 14.0. The predicted octanol–water partition coefficient (Wildman–Crippen LogP) is 3.17. The average molecular weight is 328 g/mol. The summed E-state index contributed by atoms with van der Waals surface area (Å²) in [6.45, 7) is 2.57. The maximum absolute atomic E-state index is 13.1. The Hall–Kier alpha value is -1.23. The summed E-state index contributed by atoms with van der Waals surface area (Å²) in [4.78, 5) is 25.3. The highest BCUT2D eigenvalue weighted by atomic mass is 79.9. The van der Waals surface area contributed by atoms with E-state index in [2.05, 4.69) is 22.9 Å². The smallest absolute Gasteiger partial charge is 0.299 e. The Morgan fingerprint density at radius 3 is 2.74 bits per heavy atom. The summed E-state index contributed by atoms with van der Waals surface area (Å²) < 4.78 is 13.1. The Morgan fingerprint density at radius 2 is 2.11 bits per heavy atom. The van der Waals surface area contributed by atoms with Crippen molar-refractivity contribution < 1.29 is 14.0 Å². The molecule has 0 fully saturated rings. The molecular formula is C14H15BrFNO2. The van der Waals surface area contributed by atoms with Crippen LogP contribution in [0.1, 0.15) is 30.1 Å². The second kappa shape index (κ2) is 5.82. The molecule has 0 aromatic heterocycles. The number of nitrogens with zero attached hydrogens (tertiary/aromatic N) is 1. The summed E-state index contributed by atoms with van der Waals surface area (Å²) in [5.74, 6) is -1.37. The number of hydrogen-bond acceptors (Lipinski definition) is 2. The van der Waals surface area contributed by atoms with Crippen molar-refractivity contribution in [2.24, 2.45) is 5.92 Å². The van der Waals surface area contributed by atoms with Gasteiger partial charge in [-0.2, -0.15) is 0 Å². The summed E-state index contributed by atoms with van der Waals surface area (Å²) in [7, 11) is 0. The van der Waals surface area contributed by atoms with Gasteiger partial charge in [-0.1, -0.05) is 29.3 Å². The van der Waals surface area contributed by atoms with E-state index in [0.29, 0.717) is 12.2 Å². The molecule has 1 atom stereocenters. The van der Waals surface area contributed by atoms with Crippen LogP contribution >= 0.6 is 15.9 Å². The maximum Gasteiger partial charge on any atom is 0.299 e. The Bertz CT molecular complexity index is 518. The summed E-state index contributed by atoms with van der Waals surface area (Å²) >= 11 is 3.43. The zero-order valence-corrected chi connectivity index (χ0v) is 12.2. The van der Waals surface area contributed by atoms with E-state index in [9.17, 15) is 14.0 Å². The van der Waals surface area contributed by atoms with Crippen LogP contribution in [0.4, 0.5) is 10.1 Å². The number of carbonyl (C=O) groups is 2. The number of benzene rings is 1. The Balaban J connectivity index is 2.28. The SMILES string of the molecule is CCCC(CBr)CN1C(=O)C(=O)c2cc(F)ccc21. The van der Waals surface area contributed by atoms with Gasteiger partial charge in [0, 0.05) is 11.9 Å². The summed E-state index contributed by atoms with van der Waals surface area (Å²) in [5.41, 5.74) is 0.702. The lowest BCUT2D eigenvalue weighted by Gasteiger charge is -2.22. The fourth-order valence-corrected chi connectivity index (χ4v) is 2.87. The molecule has 1 aromatic carbocycles. The molecule has 102 valence electrons. The second-order valence-electron chi connectivity index (χ2n) is 4.72. The number of ketones is 1. The lowest BCUT2D eigenvalue weighted by Crippen LogP contribution is -2.34. The number of Topliss-reactive ketones (excluding diaryl/α,β-unsaturated/α-hetero) is 1. The van der Waals surface area contributed by atoms with Gasteiger partial charge >= 0.3 is 0 Å². The molecule has 0 bridgehead atoms. The van der Waals surface area contributed by atoms with E-state index in [1.807, 2.05) is 0 Å². The minimum absolute atomic E-state index is 0.176. The van der Waals surface area contributed by atoms with Crippen molar-refractivity contribution in [3.05, 3.63) is 29.6 Å². The van der Waals surface area contributed by atoms with Gasteiger partial charge < -0.3 is 4.90 Å². The highest BCUT2D eigenvalue weighted by Crippen LogP contribution is 2.30. The molecule has 1 aliphatic heterocycles. The first-order valence-corrected chi connectivity index (χ1v) is 7.42. The minimum atomic E-state index is -0.612. The highest BCUT2D eigenvalue weighted by molar-refractivity contribution is 9.09. The number of halogens is 2. The Morgan fingerprint density at radius 1 is 1.37 bits per heavy atom. The van der Waals surface area contributed by atoms with E-state index >= 15 is 0 Å². The Kier molecular flexibility index (Phi) is 4.34. The molecule has 1 unspecified atom stereocenters. The van der Waals surface area contributed by atoms with Crippen molar-refractivity contribution in [1.82, 2.24) is 0 Å². The molecule has 0 spiro atoms. The van der Waals surface area contributed by atoms with Crippen LogP contribution in [0.5, 0.6) is 0 Å². The van der Waals surface area contributed by atoms with Crippen LogP contribution in [-0.4, -0.2) is 23.6 Å². The molecule has 0 saturated carbocycles. The zero-order valence-electron chi connectivity index (χ0n) is 10.7.